The lowest BCUT2D eigenvalue weighted by Gasteiger charge is -2.11. The van der Waals surface area contributed by atoms with E-state index >= 15 is 0 Å². The third-order valence-electron chi connectivity index (χ3n) is 3.08. The van der Waals surface area contributed by atoms with Gasteiger partial charge in [-0.3, -0.25) is 4.79 Å². The van der Waals surface area contributed by atoms with Crippen LogP contribution in [0.2, 0.25) is 5.02 Å². The van der Waals surface area contributed by atoms with Crippen molar-refractivity contribution in [2.45, 2.75) is 19.8 Å². The molecular formula is C16H17ClN2O. The number of anilines is 2. The van der Waals surface area contributed by atoms with Crippen molar-refractivity contribution >= 4 is 28.9 Å². The number of hydrogen-bond donors (Lipinski definition) is 2. The maximum Gasteiger partial charge on any atom is 0.259 e. The van der Waals surface area contributed by atoms with E-state index in [1.807, 2.05) is 24.3 Å². The third kappa shape index (κ3) is 3.11. The summed E-state index contributed by atoms with van der Waals surface area (Å²) in [5.74, 6) is 0.103. The van der Waals surface area contributed by atoms with Gasteiger partial charge in [-0.15, -0.1) is 0 Å². The van der Waals surface area contributed by atoms with Crippen LogP contribution >= 0.6 is 11.6 Å². The van der Waals surface area contributed by atoms with Gasteiger partial charge in [-0.1, -0.05) is 43.6 Å². The molecule has 0 aliphatic rings. The molecule has 0 fully saturated rings. The first-order valence-electron chi connectivity index (χ1n) is 6.44. The Morgan fingerprint density at radius 3 is 2.55 bits per heavy atom. The first-order chi connectivity index (χ1) is 9.49. The van der Waals surface area contributed by atoms with Gasteiger partial charge in [-0.25, -0.2) is 0 Å². The number of nitrogens with two attached hydrogens (primary N) is 1. The molecule has 0 spiro atoms. The summed E-state index contributed by atoms with van der Waals surface area (Å²) in [5, 5.41) is 3.18. The van der Waals surface area contributed by atoms with E-state index in [-0.39, 0.29) is 5.91 Å². The van der Waals surface area contributed by atoms with Gasteiger partial charge in [0.15, 0.2) is 0 Å². The largest absolute Gasteiger partial charge is 0.398 e. The fourth-order valence-corrected chi connectivity index (χ4v) is 2.22. The summed E-state index contributed by atoms with van der Waals surface area (Å²) in [6.45, 7) is 4.21. The first-order valence-corrected chi connectivity index (χ1v) is 6.82. The standard InChI is InChI=1S/C16H17ClN2O/c1-10(2)11-5-3-6-12(9-11)19-16(20)15-13(17)7-4-8-14(15)18/h3-10H,18H2,1-2H3,(H,19,20). The summed E-state index contributed by atoms with van der Waals surface area (Å²) in [6.07, 6.45) is 0. The van der Waals surface area contributed by atoms with Gasteiger partial charge < -0.3 is 11.1 Å². The molecule has 0 unspecified atom stereocenters. The average molecular weight is 289 g/mol. The number of hydrogen-bond acceptors (Lipinski definition) is 2. The number of nitrogen functional groups attached to an aromatic ring is 1. The number of halogens is 1. The van der Waals surface area contributed by atoms with Gasteiger partial charge in [0.25, 0.3) is 5.91 Å². The van der Waals surface area contributed by atoms with Crippen LogP contribution in [0.25, 0.3) is 0 Å². The van der Waals surface area contributed by atoms with Crippen molar-refractivity contribution in [3.8, 4) is 0 Å². The number of carbonyl (C=O) groups is 1. The lowest BCUT2D eigenvalue weighted by Crippen LogP contribution is -2.14. The Hall–Kier alpha value is -2.00. The van der Waals surface area contributed by atoms with Crippen LogP contribution in [0.4, 0.5) is 11.4 Å². The first kappa shape index (κ1) is 14.4. The summed E-state index contributed by atoms with van der Waals surface area (Å²) in [5.41, 5.74) is 8.39. The fourth-order valence-electron chi connectivity index (χ4n) is 1.95. The van der Waals surface area contributed by atoms with Gasteiger partial charge in [0, 0.05) is 11.4 Å². The average Bonchev–Trinajstić information content (AvgIpc) is 2.38. The minimum Gasteiger partial charge on any atom is -0.398 e. The molecule has 0 bridgehead atoms. The van der Waals surface area contributed by atoms with Crippen molar-refractivity contribution in [3.63, 3.8) is 0 Å². The lowest BCUT2D eigenvalue weighted by atomic mass is 10.0. The van der Waals surface area contributed by atoms with E-state index in [4.69, 9.17) is 17.3 Å². The Morgan fingerprint density at radius 2 is 1.90 bits per heavy atom. The number of amides is 1. The molecule has 2 aromatic carbocycles. The van der Waals surface area contributed by atoms with Crippen LogP contribution in [0, 0.1) is 0 Å². The number of rotatable bonds is 3. The lowest BCUT2D eigenvalue weighted by molar-refractivity contribution is 0.102. The van der Waals surface area contributed by atoms with Crippen LogP contribution in [0.5, 0.6) is 0 Å². The topological polar surface area (TPSA) is 55.1 Å². The van der Waals surface area contributed by atoms with Crippen LogP contribution < -0.4 is 11.1 Å². The van der Waals surface area contributed by atoms with Crippen molar-refractivity contribution in [2.75, 3.05) is 11.1 Å². The quantitative estimate of drug-likeness (QED) is 0.828. The molecule has 0 saturated carbocycles. The zero-order valence-corrected chi connectivity index (χ0v) is 12.2. The van der Waals surface area contributed by atoms with E-state index in [9.17, 15) is 4.79 Å². The molecule has 0 aromatic heterocycles. The van der Waals surface area contributed by atoms with Crippen LogP contribution in [0.3, 0.4) is 0 Å². The highest BCUT2D eigenvalue weighted by atomic mass is 35.5. The summed E-state index contributed by atoms with van der Waals surface area (Å²) in [7, 11) is 0. The second kappa shape index (κ2) is 5.97. The van der Waals surface area contributed by atoms with E-state index in [1.165, 1.54) is 0 Å². The summed E-state index contributed by atoms with van der Waals surface area (Å²) in [4.78, 5) is 12.3. The van der Waals surface area contributed by atoms with Gasteiger partial charge in [0.05, 0.1) is 10.6 Å². The molecule has 0 radical (unpaired) electrons. The highest BCUT2D eigenvalue weighted by Gasteiger charge is 2.14. The normalized spacial score (nSPS) is 10.6. The fraction of sp³-hybridized carbons (Fsp3) is 0.188. The van der Waals surface area contributed by atoms with E-state index in [2.05, 4.69) is 19.2 Å². The zero-order chi connectivity index (χ0) is 14.7. The van der Waals surface area contributed by atoms with Crippen molar-refractivity contribution in [3.05, 3.63) is 58.6 Å². The highest BCUT2D eigenvalue weighted by molar-refractivity contribution is 6.35. The Balaban J connectivity index is 2.26. The second-order valence-corrected chi connectivity index (χ2v) is 5.35. The van der Waals surface area contributed by atoms with Gasteiger partial charge >= 0.3 is 0 Å². The van der Waals surface area contributed by atoms with E-state index < -0.39 is 0 Å². The van der Waals surface area contributed by atoms with Gasteiger partial charge in [-0.2, -0.15) is 0 Å². The molecule has 1 amide bonds. The Bertz CT molecular complexity index is 618. The predicted octanol–water partition coefficient (Wildman–Crippen LogP) is 4.30. The molecule has 0 atom stereocenters. The number of benzene rings is 2. The zero-order valence-electron chi connectivity index (χ0n) is 11.5. The SMILES string of the molecule is CC(C)c1cccc(NC(=O)c2c(N)cccc2Cl)c1. The molecule has 0 heterocycles. The van der Waals surface area contributed by atoms with Crippen LogP contribution in [0.1, 0.15) is 35.7 Å². The number of carbonyl (C=O) groups excluding carboxylic acids is 1. The minimum absolute atomic E-state index is 0.297. The van der Waals surface area contributed by atoms with E-state index in [1.54, 1.807) is 18.2 Å². The second-order valence-electron chi connectivity index (χ2n) is 4.94. The summed E-state index contributed by atoms with van der Waals surface area (Å²) < 4.78 is 0. The predicted molar refractivity (Wildman–Crippen MR) is 84.3 cm³/mol. The Morgan fingerprint density at radius 1 is 1.20 bits per heavy atom. The van der Waals surface area contributed by atoms with E-state index in [0.717, 1.165) is 11.3 Å². The molecule has 20 heavy (non-hydrogen) atoms. The molecule has 3 N–H and O–H groups in total. The molecule has 0 aliphatic carbocycles. The highest BCUT2D eigenvalue weighted by Crippen LogP contribution is 2.24. The maximum absolute atomic E-state index is 12.3. The monoisotopic (exact) mass is 288 g/mol. The van der Waals surface area contributed by atoms with Crippen LogP contribution in [0.15, 0.2) is 42.5 Å². The van der Waals surface area contributed by atoms with E-state index in [0.29, 0.717) is 22.2 Å². The van der Waals surface area contributed by atoms with Gasteiger partial charge in [0.2, 0.25) is 0 Å². The van der Waals surface area contributed by atoms with Crippen molar-refractivity contribution in [1.29, 1.82) is 0 Å². The molecular weight excluding hydrogens is 272 g/mol. The maximum atomic E-state index is 12.3. The molecule has 0 saturated heterocycles. The summed E-state index contributed by atoms with van der Waals surface area (Å²) in [6, 6.07) is 12.8. The summed E-state index contributed by atoms with van der Waals surface area (Å²) >= 11 is 6.03. The molecule has 3 nitrogen and oxygen atoms in total. The Kier molecular flexibility index (Phi) is 4.30. The number of nitrogens with one attached hydrogen (secondary N) is 1. The Labute approximate surface area is 123 Å². The van der Waals surface area contributed by atoms with Gasteiger partial charge in [-0.05, 0) is 35.7 Å². The van der Waals surface area contributed by atoms with Gasteiger partial charge in [0.1, 0.15) is 0 Å². The van der Waals surface area contributed by atoms with Crippen molar-refractivity contribution < 1.29 is 4.79 Å². The molecule has 2 aromatic rings. The minimum atomic E-state index is -0.297. The molecule has 104 valence electrons. The van der Waals surface area contributed by atoms with Crippen LogP contribution in [-0.4, -0.2) is 5.91 Å². The van der Waals surface area contributed by atoms with Crippen molar-refractivity contribution in [2.24, 2.45) is 0 Å². The van der Waals surface area contributed by atoms with Crippen molar-refractivity contribution in [1.82, 2.24) is 0 Å². The molecule has 2 rings (SSSR count). The molecule has 4 heteroatoms. The smallest absolute Gasteiger partial charge is 0.259 e. The van der Waals surface area contributed by atoms with Crippen LogP contribution in [-0.2, 0) is 0 Å². The molecule has 0 aliphatic heterocycles. The third-order valence-corrected chi connectivity index (χ3v) is 3.40.